The second kappa shape index (κ2) is 5.48. The molecule has 8 heteroatoms. The molecule has 116 valence electrons. The number of carbonyl (C=O) groups is 1. The first-order chi connectivity index (χ1) is 10.9. The molecule has 8 nitrogen and oxygen atoms in total. The summed E-state index contributed by atoms with van der Waals surface area (Å²) in [5.41, 5.74) is -0.926. The second-order valence-electron chi connectivity index (χ2n) is 5.11. The summed E-state index contributed by atoms with van der Waals surface area (Å²) in [6, 6.07) is 6.92. The van der Waals surface area contributed by atoms with Crippen molar-refractivity contribution < 1.29 is 4.79 Å². The van der Waals surface area contributed by atoms with Crippen LogP contribution in [0.15, 0.2) is 38.6 Å². The molecule has 0 spiro atoms. The zero-order chi connectivity index (χ0) is 16.6. The lowest BCUT2D eigenvalue weighted by Gasteiger charge is -2.02. The highest BCUT2D eigenvalue weighted by Crippen LogP contribution is 2.07. The smallest absolute Gasteiger partial charge is 0.313 e. The molecule has 3 rings (SSSR count). The van der Waals surface area contributed by atoms with E-state index in [0.717, 1.165) is 5.56 Å². The Balaban J connectivity index is 2.03. The van der Waals surface area contributed by atoms with Crippen LogP contribution in [0.3, 0.4) is 0 Å². The van der Waals surface area contributed by atoms with Crippen molar-refractivity contribution in [3.63, 3.8) is 0 Å². The Bertz CT molecular complexity index is 1070. The number of ketones is 1. The monoisotopic (exact) mass is 312 g/mol. The summed E-state index contributed by atoms with van der Waals surface area (Å²) in [7, 11) is 0. The minimum atomic E-state index is -0.746. The summed E-state index contributed by atoms with van der Waals surface area (Å²) in [6.07, 6.45) is -0.233. The first kappa shape index (κ1) is 14.6. The van der Waals surface area contributed by atoms with Crippen LogP contribution in [-0.4, -0.2) is 25.7 Å². The highest BCUT2D eigenvalue weighted by molar-refractivity contribution is 5.97. The standard InChI is InChI=1S/C15H12N4O4/c1-7-2-4-8(5-3-7)10(20)6-9-13(21)17-11-12(16-9)18-15(23)19-14(11)22/h2-5H,6H2,1H3,(H,17,21)(H2,16,18,19,22,23). The summed E-state index contributed by atoms with van der Waals surface area (Å²) in [6.45, 7) is 1.90. The maximum absolute atomic E-state index is 12.2. The predicted octanol–water partition coefficient (Wildman–Crippen LogP) is 0.0335. The number of nitrogens with one attached hydrogen (secondary N) is 3. The van der Waals surface area contributed by atoms with E-state index >= 15 is 0 Å². The lowest BCUT2D eigenvalue weighted by atomic mass is 10.1. The Hall–Kier alpha value is -3.29. The summed E-state index contributed by atoms with van der Waals surface area (Å²) >= 11 is 0. The van der Waals surface area contributed by atoms with Gasteiger partial charge in [0.25, 0.3) is 11.1 Å². The van der Waals surface area contributed by atoms with Gasteiger partial charge in [-0.15, -0.1) is 0 Å². The largest absolute Gasteiger partial charge is 0.327 e. The van der Waals surface area contributed by atoms with Gasteiger partial charge in [0.2, 0.25) is 0 Å². The lowest BCUT2D eigenvalue weighted by molar-refractivity contribution is 0.0991. The minimum absolute atomic E-state index is 0.0648. The minimum Gasteiger partial charge on any atom is -0.313 e. The van der Waals surface area contributed by atoms with Gasteiger partial charge in [0.1, 0.15) is 5.69 Å². The number of carbonyl (C=O) groups excluding carboxylic acids is 1. The van der Waals surface area contributed by atoms with E-state index in [-0.39, 0.29) is 29.1 Å². The molecule has 0 bridgehead atoms. The van der Waals surface area contributed by atoms with Gasteiger partial charge in [0.05, 0.1) is 6.42 Å². The van der Waals surface area contributed by atoms with E-state index in [1.165, 1.54) is 0 Å². The summed E-state index contributed by atoms with van der Waals surface area (Å²) in [5, 5.41) is 0. The fraction of sp³-hybridized carbons (Fsp3) is 0.133. The van der Waals surface area contributed by atoms with Crippen molar-refractivity contribution >= 4 is 16.9 Å². The van der Waals surface area contributed by atoms with E-state index in [0.29, 0.717) is 5.56 Å². The summed E-state index contributed by atoms with van der Waals surface area (Å²) in [5.74, 6) is -0.283. The molecule has 0 amide bonds. The third-order valence-corrected chi connectivity index (χ3v) is 3.37. The van der Waals surface area contributed by atoms with Gasteiger partial charge in [-0.05, 0) is 6.92 Å². The molecule has 0 fully saturated rings. The van der Waals surface area contributed by atoms with Crippen molar-refractivity contribution in [2.75, 3.05) is 0 Å². The molecule has 1 aromatic carbocycles. The number of benzene rings is 1. The van der Waals surface area contributed by atoms with Gasteiger partial charge >= 0.3 is 5.69 Å². The van der Waals surface area contributed by atoms with E-state index in [4.69, 9.17) is 0 Å². The van der Waals surface area contributed by atoms with Crippen LogP contribution < -0.4 is 16.8 Å². The van der Waals surface area contributed by atoms with E-state index < -0.39 is 16.8 Å². The topological polar surface area (TPSA) is 129 Å². The molecule has 2 heterocycles. The van der Waals surface area contributed by atoms with E-state index in [9.17, 15) is 19.2 Å². The van der Waals surface area contributed by atoms with Crippen molar-refractivity contribution in [2.45, 2.75) is 13.3 Å². The van der Waals surface area contributed by atoms with Crippen LogP contribution in [0, 0.1) is 6.92 Å². The molecule has 3 aromatic rings. The van der Waals surface area contributed by atoms with Gasteiger partial charge in [-0.2, -0.15) is 0 Å². The zero-order valence-electron chi connectivity index (χ0n) is 12.1. The summed E-state index contributed by atoms with van der Waals surface area (Å²) < 4.78 is 0. The fourth-order valence-corrected chi connectivity index (χ4v) is 2.16. The van der Waals surface area contributed by atoms with Crippen LogP contribution in [0.5, 0.6) is 0 Å². The van der Waals surface area contributed by atoms with Gasteiger partial charge in [-0.1, -0.05) is 29.8 Å². The molecule has 23 heavy (non-hydrogen) atoms. The molecule has 0 radical (unpaired) electrons. The number of hydrogen-bond acceptors (Lipinski definition) is 5. The molecule has 0 saturated carbocycles. The Morgan fingerprint density at radius 1 is 1.00 bits per heavy atom. The van der Waals surface area contributed by atoms with Gasteiger partial charge in [-0.25, -0.2) is 9.78 Å². The maximum atomic E-state index is 12.2. The normalized spacial score (nSPS) is 10.8. The van der Waals surface area contributed by atoms with Crippen molar-refractivity contribution in [1.82, 2.24) is 19.9 Å². The Kier molecular flexibility index (Phi) is 3.49. The molecule has 0 unspecified atom stereocenters. The van der Waals surface area contributed by atoms with Crippen molar-refractivity contribution in [2.24, 2.45) is 0 Å². The van der Waals surface area contributed by atoms with Gasteiger partial charge in [-0.3, -0.25) is 24.4 Å². The highest BCUT2D eigenvalue weighted by Gasteiger charge is 2.13. The number of Topliss-reactive ketones (excluding diaryl/α,β-unsaturated/α-hetero) is 1. The SMILES string of the molecule is Cc1ccc(C(=O)Cc2nc3[nH]c(=O)[nH]c(=O)c3[nH]c2=O)cc1. The molecular weight excluding hydrogens is 300 g/mol. The van der Waals surface area contributed by atoms with Crippen LogP contribution in [0.25, 0.3) is 11.2 Å². The van der Waals surface area contributed by atoms with Crippen molar-refractivity contribution in [3.05, 3.63) is 72.3 Å². The Morgan fingerprint density at radius 2 is 1.70 bits per heavy atom. The lowest BCUT2D eigenvalue weighted by Crippen LogP contribution is -2.28. The van der Waals surface area contributed by atoms with Gasteiger partial charge < -0.3 is 4.98 Å². The van der Waals surface area contributed by atoms with Crippen LogP contribution in [0.4, 0.5) is 0 Å². The van der Waals surface area contributed by atoms with Gasteiger partial charge in [0, 0.05) is 5.56 Å². The number of aromatic amines is 3. The number of rotatable bonds is 3. The molecule has 3 N–H and O–H groups in total. The number of H-pyrrole nitrogens is 3. The molecular formula is C15H12N4O4. The zero-order valence-corrected chi connectivity index (χ0v) is 12.1. The molecule has 0 atom stereocenters. The number of nitrogens with zero attached hydrogens (tertiary/aromatic N) is 1. The third-order valence-electron chi connectivity index (χ3n) is 3.37. The quantitative estimate of drug-likeness (QED) is 0.588. The number of fused-ring (bicyclic) bond motifs is 1. The molecule has 0 saturated heterocycles. The Labute approximate surface area is 128 Å². The average molecular weight is 312 g/mol. The molecule has 0 aliphatic rings. The third kappa shape index (κ3) is 2.86. The molecule has 0 aliphatic heterocycles. The Morgan fingerprint density at radius 3 is 2.39 bits per heavy atom. The number of hydrogen-bond donors (Lipinski definition) is 3. The van der Waals surface area contributed by atoms with Crippen LogP contribution in [0.2, 0.25) is 0 Å². The average Bonchev–Trinajstić information content (AvgIpc) is 2.49. The molecule has 0 aliphatic carbocycles. The van der Waals surface area contributed by atoms with Crippen molar-refractivity contribution in [3.8, 4) is 0 Å². The number of aromatic nitrogens is 4. The van der Waals surface area contributed by atoms with E-state index in [1.807, 2.05) is 11.9 Å². The van der Waals surface area contributed by atoms with Gasteiger partial charge in [0.15, 0.2) is 16.9 Å². The maximum Gasteiger partial charge on any atom is 0.327 e. The van der Waals surface area contributed by atoms with E-state index in [2.05, 4.69) is 15.0 Å². The number of aryl methyl sites for hydroxylation is 1. The van der Waals surface area contributed by atoms with Crippen LogP contribution in [0.1, 0.15) is 21.6 Å². The highest BCUT2D eigenvalue weighted by atomic mass is 16.2. The predicted molar refractivity (Wildman–Crippen MR) is 82.8 cm³/mol. The van der Waals surface area contributed by atoms with E-state index in [1.54, 1.807) is 24.3 Å². The first-order valence-electron chi connectivity index (χ1n) is 6.79. The van der Waals surface area contributed by atoms with Crippen molar-refractivity contribution in [1.29, 1.82) is 0 Å². The first-order valence-corrected chi connectivity index (χ1v) is 6.79. The van der Waals surface area contributed by atoms with Crippen LogP contribution >= 0.6 is 0 Å². The fourth-order valence-electron chi connectivity index (χ4n) is 2.16. The molecule has 2 aromatic heterocycles. The second-order valence-corrected chi connectivity index (χ2v) is 5.11. The summed E-state index contributed by atoms with van der Waals surface area (Å²) in [4.78, 5) is 57.6. The van der Waals surface area contributed by atoms with Crippen LogP contribution in [-0.2, 0) is 6.42 Å².